The molecule has 0 amide bonds. The van der Waals surface area contributed by atoms with E-state index in [1.54, 1.807) is 6.07 Å². The first-order valence-corrected chi connectivity index (χ1v) is 9.36. The molecule has 3 aromatic carbocycles. The van der Waals surface area contributed by atoms with E-state index < -0.39 is 10.1 Å². The lowest BCUT2D eigenvalue weighted by Gasteiger charge is -2.11. The Morgan fingerprint density at radius 3 is 1.65 bits per heavy atom. The quantitative estimate of drug-likeness (QED) is 0.552. The van der Waals surface area contributed by atoms with Gasteiger partial charge in [-0.05, 0) is 18.2 Å². The summed E-state index contributed by atoms with van der Waals surface area (Å²) in [6, 6.07) is 23.5. The van der Waals surface area contributed by atoms with E-state index in [1.807, 2.05) is 60.7 Å². The van der Waals surface area contributed by atoms with Crippen LogP contribution >= 0.6 is 0 Å². The van der Waals surface area contributed by atoms with Gasteiger partial charge in [0.2, 0.25) is 0 Å². The van der Waals surface area contributed by atoms with Gasteiger partial charge in [-0.3, -0.25) is 4.55 Å². The third kappa shape index (κ3) is 3.08. The van der Waals surface area contributed by atoms with Crippen LogP contribution in [0.5, 0.6) is 0 Å². The SMILES string of the molecule is O=S(=O)(O)c1ccc2nc(-c3ccccc3)c(-c3ccccc3)nc2c1. The number of aromatic nitrogens is 2. The van der Waals surface area contributed by atoms with E-state index in [1.165, 1.54) is 12.1 Å². The average Bonchev–Trinajstić information content (AvgIpc) is 2.67. The Bertz CT molecular complexity index is 1190. The summed E-state index contributed by atoms with van der Waals surface area (Å²) in [6.45, 7) is 0. The maximum Gasteiger partial charge on any atom is 0.294 e. The first-order valence-electron chi connectivity index (χ1n) is 7.92. The van der Waals surface area contributed by atoms with Crippen molar-refractivity contribution in [3.8, 4) is 22.5 Å². The van der Waals surface area contributed by atoms with Crippen LogP contribution in [-0.2, 0) is 10.1 Å². The molecule has 0 fully saturated rings. The molecule has 0 aliphatic carbocycles. The highest BCUT2D eigenvalue weighted by molar-refractivity contribution is 7.85. The van der Waals surface area contributed by atoms with E-state index in [0.29, 0.717) is 22.4 Å². The number of rotatable bonds is 3. The molecule has 0 unspecified atom stereocenters. The van der Waals surface area contributed by atoms with Gasteiger partial charge in [-0.25, -0.2) is 9.97 Å². The molecule has 4 aromatic rings. The molecular weight excluding hydrogens is 348 g/mol. The summed E-state index contributed by atoms with van der Waals surface area (Å²) in [7, 11) is -4.30. The van der Waals surface area contributed by atoms with Crippen LogP contribution in [-0.4, -0.2) is 22.9 Å². The van der Waals surface area contributed by atoms with Gasteiger partial charge in [-0.1, -0.05) is 60.7 Å². The highest BCUT2D eigenvalue weighted by Gasteiger charge is 2.15. The highest BCUT2D eigenvalue weighted by atomic mass is 32.2. The second-order valence-corrected chi connectivity index (χ2v) is 7.20. The molecular formula is C20H14N2O3S. The largest absolute Gasteiger partial charge is 0.294 e. The van der Waals surface area contributed by atoms with Crippen molar-refractivity contribution in [2.75, 3.05) is 0 Å². The van der Waals surface area contributed by atoms with Gasteiger partial charge < -0.3 is 0 Å². The van der Waals surface area contributed by atoms with Gasteiger partial charge in [0.05, 0.1) is 27.3 Å². The number of benzene rings is 3. The lowest BCUT2D eigenvalue weighted by molar-refractivity contribution is 0.483. The smallest absolute Gasteiger partial charge is 0.282 e. The van der Waals surface area contributed by atoms with Gasteiger partial charge in [0, 0.05) is 11.1 Å². The summed E-state index contributed by atoms with van der Waals surface area (Å²) in [4.78, 5) is 9.16. The molecule has 0 aliphatic rings. The van der Waals surface area contributed by atoms with E-state index in [0.717, 1.165) is 11.1 Å². The number of hydrogen-bond donors (Lipinski definition) is 1. The summed E-state index contributed by atoms with van der Waals surface area (Å²) in [5, 5.41) is 0. The highest BCUT2D eigenvalue weighted by Crippen LogP contribution is 2.31. The Labute approximate surface area is 150 Å². The van der Waals surface area contributed by atoms with Crippen molar-refractivity contribution in [2.45, 2.75) is 4.90 Å². The van der Waals surface area contributed by atoms with Gasteiger partial charge >= 0.3 is 0 Å². The molecule has 26 heavy (non-hydrogen) atoms. The Hall–Kier alpha value is -3.09. The van der Waals surface area contributed by atoms with Crippen molar-refractivity contribution < 1.29 is 13.0 Å². The molecule has 0 spiro atoms. The topological polar surface area (TPSA) is 80.2 Å². The number of hydrogen-bond acceptors (Lipinski definition) is 4. The van der Waals surface area contributed by atoms with Crippen LogP contribution in [0.2, 0.25) is 0 Å². The minimum atomic E-state index is -4.30. The molecule has 0 radical (unpaired) electrons. The van der Waals surface area contributed by atoms with Crippen LogP contribution in [0.1, 0.15) is 0 Å². The first-order chi connectivity index (χ1) is 12.5. The molecule has 128 valence electrons. The van der Waals surface area contributed by atoms with E-state index >= 15 is 0 Å². The van der Waals surface area contributed by atoms with E-state index in [4.69, 9.17) is 4.98 Å². The zero-order chi connectivity index (χ0) is 18.1. The van der Waals surface area contributed by atoms with Crippen LogP contribution < -0.4 is 0 Å². The minimum absolute atomic E-state index is 0.203. The Kier molecular flexibility index (Phi) is 3.99. The molecule has 5 nitrogen and oxygen atoms in total. The maximum atomic E-state index is 11.4. The fourth-order valence-corrected chi connectivity index (χ4v) is 3.29. The van der Waals surface area contributed by atoms with Crippen LogP contribution in [0, 0.1) is 0 Å². The predicted molar refractivity (Wildman–Crippen MR) is 100 cm³/mol. The average molecular weight is 362 g/mol. The van der Waals surface area contributed by atoms with Gasteiger partial charge in [0.25, 0.3) is 10.1 Å². The monoisotopic (exact) mass is 362 g/mol. The van der Waals surface area contributed by atoms with E-state index in [2.05, 4.69) is 4.98 Å². The molecule has 1 aromatic heterocycles. The molecule has 0 aliphatic heterocycles. The molecule has 6 heteroatoms. The zero-order valence-corrected chi connectivity index (χ0v) is 14.4. The normalized spacial score (nSPS) is 11.6. The van der Waals surface area contributed by atoms with Crippen molar-refractivity contribution in [2.24, 2.45) is 0 Å². The van der Waals surface area contributed by atoms with Crippen LogP contribution in [0.15, 0.2) is 83.8 Å². The molecule has 0 bridgehead atoms. The number of nitrogens with zero attached hydrogens (tertiary/aromatic N) is 2. The Morgan fingerprint density at radius 1 is 0.654 bits per heavy atom. The van der Waals surface area contributed by atoms with Crippen molar-refractivity contribution in [1.82, 2.24) is 9.97 Å². The van der Waals surface area contributed by atoms with Crippen molar-refractivity contribution in [3.05, 3.63) is 78.9 Å². The third-order valence-corrected chi connectivity index (χ3v) is 4.88. The zero-order valence-electron chi connectivity index (χ0n) is 13.6. The fourth-order valence-electron chi connectivity index (χ4n) is 2.79. The van der Waals surface area contributed by atoms with Crippen molar-refractivity contribution in [3.63, 3.8) is 0 Å². The lowest BCUT2D eigenvalue weighted by Crippen LogP contribution is -2.00. The predicted octanol–water partition coefficient (Wildman–Crippen LogP) is 4.21. The van der Waals surface area contributed by atoms with Gasteiger partial charge in [0.15, 0.2) is 0 Å². The van der Waals surface area contributed by atoms with Crippen molar-refractivity contribution in [1.29, 1.82) is 0 Å². The summed E-state index contributed by atoms with van der Waals surface area (Å²) >= 11 is 0. The number of fused-ring (bicyclic) bond motifs is 1. The lowest BCUT2D eigenvalue weighted by atomic mass is 10.0. The molecule has 0 saturated carbocycles. The summed E-state index contributed by atoms with van der Waals surface area (Å²) in [6.07, 6.45) is 0. The third-order valence-electron chi connectivity index (χ3n) is 4.03. The summed E-state index contributed by atoms with van der Waals surface area (Å²) in [5.41, 5.74) is 4.10. The van der Waals surface area contributed by atoms with Crippen LogP contribution in [0.4, 0.5) is 0 Å². The van der Waals surface area contributed by atoms with Crippen LogP contribution in [0.3, 0.4) is 0 Å². The first kappa shape index (κ1) is 16.4. The van der Waals surface area contributed by atoms with Crippen molar-refractivity contribution >= 4 is 21.2 Å². The van der Waals surface area contributed by atoms with Gasteiger partial charge in [0.1, 0.15) is 0 Å². The van der Waals surface area contributed by atoms with E-state index in [9.17, 15) is 13.0 Å². The van der Waals surface area contributed by atoms with Gasteiger partial charge in [-0.15, -0.1) is 0 Å². The molecule has 0 atom stereocenters. The summed E-state index contributed by atoms with van der Waals surface area (Å²) in [5.74, 6) is 0. The van der Waals surface area contributed by atoms with E-state index in [-0.39, 0.29) is 4.90 Å². The Balaban J connectivity index is 2.03. The molecule has 0 saturated heterocycles. The molecule has 1 N–H and O–H groups in total. The Morgan fingerprint density at radius 2 is 1.15 bits per heavy atom. The molecule has 1 heterocycles. The summed E-state index contributed by atoms with van der Waals surface area (Å²) < 4.78 is 32.1. The second-order valence-electron chi connectivity index (χ2n) is 5.78. The maximum absolute atomic E-state index is 11.4. The van der Waals surface area contributed by atoms with Crippen LogP contribution in [0.25, 0.3) is 33.5 Å². The van der Waals surface area contributed by atoms with Gasteiger partial charge in [-0.2, -0.15) is 8.42 Å². The minimum Gasteiger partial charge on any atom is -0.282 e. The second kappa shape index (κ2) is 6.33. The fraction of sp³-hybridized carbons (Fsp3) is 0. The standard InChI is InChI=1S/C20H14N2O3S/c23-26(24,25)16-11-12-17-18(13-16)22-20(15-9-5-2-6-10-15)19(21-17)14-7-3-1-4-8-14/h1-13H,(H,23,24,25). The molecule has 4 rings (SSSR count).